The topological polar surface area (TPSA) is 61.7 Å². The molecule has 0 saturated heterocycles. The van der Waals surface area contributed by atoms with E-state index in [1.807, 2.05) is 19.1 Å². The normalized spacial score (nSPS) is 8.08. The smallest absolute Gasteiger partial charge is 0.0880 e. The van der Waals surface area contributed by atoms with Crippen molar-refractivity contribution in [1.82, 2.24) is 4.98 Å². The Bertz CT molecular complexity index is 376. The molecule has 0 bridgehead atoms. The van der Waals surface area contributed by atoms with Crippen molar-refractivity contribution in [2.24, 2.45) is 5.11 Å². The number of aryl methyl sites for hydroxylation is 1. The van der Waals surface area contributed by atoms with Gasteiger partial charge in [0.05, 0.1) is 6.54 Å². The summed E-state index contributed by atoms with van der Waals surface area (Å²) < 4.78 is 0. The van der Waals surface area contributed by atoms with Gasteiger partial charge in [-0.2, -0.15) is 0 Å². The average molecular weight is 172 g/mol. The Hall–Kier alpha value is -1.98. The molecular weight excluding hydrogens is 164 g/mol. The second-order valence-corrected chi connectivity index (χ2v) is 2.38. The molecular formula is C9H8N4. The monoisotopic (exact) mass is 172 g/mol. The highest BCUT2D eigenvalue weighted by atomic mass is 15.1. The van der Waals surface area contributed by atoms with Crippen molar-refractivity contribution in [3.8, 4) is 11.8 Å². The van der Waals surface area contributed by atoms with E-state index in [0.29, 0.717) is 0 Å². The van der Waals surface area contributed by atoms with Crippen molar-refractivity contribution < 1.29 is 0 Å². The van der Waals surface area contributed by atoms with Crippen LogP contribution >= 0.6 is 0 Å². The Morgan fingerprint density at radius 1 is 1.62 bits per heavy atom. The van der Waals surface area contributed by atoms with Gasteiger partial charge in [0, 0.05) is 22.4 Å². The zero-order valence-corrected chi connectivity index (χ0v) is 7.23. The van der Waals surface area contributed by atoms with Crippen LogP contribution in [-0.2, 0) is 0 Å². The van der Waals surface area contributed by atoms with Gasteiger partial charge in [-0.25, -0.2) is 0 Å². The molecule has 4 heteroatoms. The second-order valence-electron chi connectivity index (χ2n) is 2.38. The van der Waals surface area contributed by atoms with Gasteiger partial charge in [0.2, 0.25) is 0 Å². The Balaban J connectivity index is 2.66. The van der Waals surface area contributed by atoms with Crippen LogP contribution in [0.25, 0.3) is 10.4 Å². The number of hydrogen-bond donors (Lipinski definition) is 0. The third kappa shape index (κ3) is 3.28. The van der Waals surface area contributed by atoms with E-state index in [4.69, 9.17) is 5.53 Å². The van der Waals surface area contributed by atoms with Gasteiger partial charge < -0.3 is 0 Å². The summed E-state index contributed by atoms with van der Waals surface area (Å²) in [5, 5.41) is 3.29. The Morgan fingerprint density at radius 2 is 2.46 bits per heavy atom. The van der Waals surface area contributed by atoms with Crippen LogP contribution in [0, 0.1) is 18.8 Å². The van der Waals surface area contributed by atoms with Crippen LogP contribution < -0.4 is 0 Å². The first kappa shape index (κ1) is 9.11. The number of rotatable bonds is 1. The molecule has 0 spiro atoms. The van der Waals surface area contributed by atoms with E-state index in [2.05, 4.69) is 26.9 Å². The van der Waals surface area contributed by atoms with Crippen molar-refractivity contribution in [3.05, 3.63) is 40.0 Å². The lowest BCUT2D eigenvalue weighted by Crippen LogP contribution is -1.81. The second kappa shape index (κ2) is 4.81. The lowest BCUT2D eigenvalue weighted by Gasteiger charge is -1.89. The molecule has 0 saturated carbocycles. The zero-order chi connectivity index (χ0) is 9.52. The van der Waals surface area contributed by atoms with Crippen molar-refractivity contribution in [1.29, 1.82) is 0 Å². The molecule has 1 aromatic rings. The van der Waals surface area contributed by atoms with E-state index >= 15 is 0 Å². The minimum absolute atomic E-state index is 0.199. The summed E-state index contributed by atoms with van der Waals surface area (Å²) in [5.74, 6) is 5.54. The first-order valence-corrected chi connectivity index (χ1v) is 3.75. The van der Waals surface area contributed by atoms with Gasteiger partial charge in [-0.3, -0.25) is 4.98 Å². The van der Waals surface area contributed by atoms with Gasteiger partial charge in [0.25, 0.3) is 0 Å². The largest absolute Gasteiger partial charge is 0.260 e. The molecule has 0 aliphatic rings. The lowest BCUT2D eigenvalue weighted by atomic mass is 10.2. The van der Waals surface area contributed by atoms with Crippen LogP contribution in [0.3, 0.4) is 0 Å². The van der Waals surface area contributed by atoms with E-state index in [1.165, 1.54) is 0 Å². The van der Waals surface area contributed by atoms with Crippen molar-refractivity contribution in [2.75, 3.05) is 6.54 Å². The van der Waals surface area contributed by atoms with Gasteiger partial charge in [-0.05, 0) is 24.6 Å². The molecule has 0 amide bonds. The zero-order valence-electron chi connectivity index (χ0n) is 7.23. The van der Waals surface area contributed by atoms with E-state index in [1.54, 1.807) is 6.20 Å². The molecule has 1 heterocycles. The first-order valence-electron chi connectivity index (χ1n) is 3.75. The number of hydrogen-bond acceptors (Lipinski definition) is 2. The molecule has 0 unspecified atom stereocenters. The first-order chi connectivity index (χ1) is 6.33. The van der Waals surface area contributed by atoms with Crippen LogP contribution in [0.1, 0.15) is 11.3 Å². The minimum Gasteiger partial charge on any atom is -0.260 e. The fraction of sp³-hybridized carbons (Fsp3) is 0.222. The van der Waals surface area contributed by atoms with Crippen LogP contribution in [-0.4, -0.2) is 11.5 Å². The molecule has 0 N–H and O–H groups in total. The molecule has 0 radical (unpaired) electrons. The molecule has 1 rings (SSSR count). The van der Waals surface area contributed by atoms with Crippen molar-refractivity contribution in [2.45, 2.75) is 6.92 Å². The molecule has 0 aliphatic carbocycles. The van der Waals surface area contributed by atoms with Gasteiger partial charge in [-0.15, -0.1) is 0 Å². The number of pyridine rings is 1. The van der Waals surface area contributed by atoms with Crippen molar-refractivity contribution in [3.63, 3.8) is 0 Å². The van der Waals surface area contributed by atoms with Crippen LogP contribution in [0.4, 0.5) is 0 Å². The molecule has 0 aromatic carbocycles. The molecule has 1 aromatic heterocycles. The highest BCUT2D eigenvalue weighted by Gasteiger charge is 1.85. The summed E-state index contributed by atoms with van der Waals surface area (Å²) in [6.07, 6.45) is 1.69. The maximum absolute atomic E-state index is 7.98. The standard InChI is InChI=1S/C9H8N4/c1-8-4-5-9(7-11-8)3-2-6-12-13-10/h4-5,7H,6H2,1H3. The predicted octanol–water partition coefficient (Wildman–Crippen LogP) is 2.05. The van der Waals surface area contributed by atoms with Crippen LogP contribution in [0.2, 0.25) is 0 Å². The predicted molar refractivity (Wildman–Crippen MR) is 49.9 cm³/mol. The highest BCUT2D eigenvalue weighted by molar-refractivity contribution is 5.32. The fourth-order valence-electron chi connectivity index (χ4n) is 0.750. The van der Waals surface area contributed by atoms with Crippen LogP contribution in [0.5, 0.6) is 0 Å². The van der Waals surface area contributed by atoms with E-state index in [0.717, 1.165) is 11.3 Å². The van der Waals surface area contributed by atoms with E-state index < -0.39 is 0 Å². The molecule has 0 atom stereocenters. The fourth-order valence-corrected chi connectivity index (χ4v) is 0.750. The average Bonchev–Trinajstić information content (AvgIpc) is 2.15. The lowest BCUT2D eigenvalue weighted by molar-refractivity contribution is 1.19. The molecule has 0 fully saturated rings. The van der Waals surface area contributed by atoms with Gasteiger partial charge in [0.1, 0.15) is 0 Å². The summed E-state index contributed by atoms with van der Waals surface area (Å²) in [6.45, 7) is 2.11. The van der Waals surface area contributed by atoms with Gasteiger partial charge in [-0.1, -0.05) is 17.0 Å². The van der Waals surface area contributed by atoms with E-state index in [9.17, 15) is 0 Å². The molecule has 0 aliphatic heterocycles. The molecule has 4 nitrogen and oxygen atoms in total. The maximum Gasteiger partial charge on any atom is 0.0880 e. The SMILES string of the molecule is Cc1ccc(C#CCN=[N+]=[N-])cn1. The highest BCUT2D eigenvalue weighted by Crippen LogP contribution is 1.96. The summed E-state index contributed by atoms with van der Waals surface area (Å²) in [7, 11) is 0. The maximum atomic E-state index is 7.98. The summed E-state index contributed by atoms with van der Waals surface area (Å²) in [5.41, 5.74) is 9.77. The van der Waals surface area contributed by atoms with Gasteiger partial charge >= 0.3 is 0 Å². The Morgan fingerprint density at radius 3 is 3.08 bits per heavy atom. The minimum atomic E-state index is 0.199. The van der Waals surface area contributed by atoms with Gasteiger partial charge in [0.15, 0.2) is 0 Å². The summed E-state index contributed by atoms with van der Waals surface area (Å²) in [6, 6.07) is 3.77. The number of nitrogens with zero attached hydrogens (tertiary/aromatic N) is 4. The third-order valence-corrected chi connectivity index (χ3v) is 1.36. The summed E-state index contributed by atoms with van der Waals surface area (Å²) >= 11 is 0. The quantitative estimate of drug-likeness (QED) is 0.277. The third-order valence-electron chi connectivity index (χ3n) is 1.36. The number of aromatic nitrogens is 1. The molecule has 64 valence electrons. The van der Waals surface area contributed by atoms with E-state index in [-0.39, 0.29) is 6.54 Å². The van der Waals surface area contributed by atoms with Crippen molar-refractivity contribution >= 4 is 0 Å². The Labute approximate surface area is 76.2 Å². The van der Waals surface area contributed by atoms with Crippen LogP contribution in [0.15, 0.2) is 23.4 Å². The number of azide groups is 1. The molecule has 13 heavy (non-hydrogen) atoms. The Kier molecular flexibility index (Phi) is 3.37. The summed E-state index contributed by atoms with van der Waals surface area (Å²) in [4.78, 5) is 6.66.